The molecule has 4 atom stereocenters. The Bertz CT molecular complexity index is 803. The Morgan fingerprint density at radius 2 is 2.18 bits per heavy atom. The first kappa shape index (κ1) is 19.1. The zero-order valence-corrected chi connectivity index (χ0v) is 16.9. The van der Waals surface area contributed by atoms with E-state index in [1.54, 1.807) is 42.3 Å². The summed E-state index contributed by atoms with van der Waals surface area (Å²) in [5, 5.41) is 12.3. The molecule has 2 aliphatic rings. The quantitative estimate of drug-likeness (QED) is 0.789. The van der Waals surface area contributed by atoms with Crippen molar-refractivity contribution in [3.63, 3.8) is 0 Å². The van der Waals surface area contributed by atoms with Crippen molar-refractivity contribution < 1.29 is 14.3 Å². The molecule has 1 aliphatic carbocycles. The molecule has 2 fully saturated rings. The Hall–Kier alpha value is -2.26. The van der Waals surface area contributed by atoms with Crippen molar-refractivity contribution in [3.05, 3.63) is 29.4 Å². The number of hydrogen-bond acceptors (Lipinski definition) is 8. The summed E-state index contributed by atoms with van der Waals surface area (Å²) in [6.45, 7) is 4.26. The minimum Gasteiger partial charge on any atom is -0.477 e. The molecule has 8 nitrogen and oxygen atoms in total. The van der Waals surface area contributed by atoms with Gasteiger partial charge in [-0.3, -0.25) is 4.79 Å². The predicted molar refractivity (Wildman–Crippen MR) is 106 cm³/mol. The van der Waals surface area contributed by atoms with Crippen LogP contribution in [0.25, 0.3) is 0 Å². The molecule has 0 spiro atoms. The van der Waals surface area contributed by atoms with Crippen LogP contribution in [0.1, 0.15) is 30.1 Å². The zero-order valence-electron chi connectivity index (χ0n) is 16.1. The number of pyridine rings is 1. The lowest BCUT2D eigenvalue weighted by atomic mass is 9.77. The van der Waals surface area contributed by atoms with E-state index >= 15 is 0 Å². The van der Waals surface area contributed by atoms with Crippen LogP contribution in [0.15, 0.2) is 23.8 Å². The van der Waals surface area contributed by atoms with E-state index in [1.807, 2.05) is 6.92 Å². The number of hydrogen-bond donors (Lipinski definition) is 1. The summed E-state index contributed by atoms with van der Waals surface area (Å²) in [6.07, 6.45) is 3.43. The van der Waals surface area contributed by atoms with Crippen LogP contribution in [-0.4, -0.2) is 60.0 Å². The fourth-order valence-corrected chi connectivity index (χ4v) is 4.93. The molecular weight excluding hydrogens is 378 g/mol. The van der Waals surface area contributed by atoms with Crippen LogP contribution in [0.4, 0.5) is 5.13 Å². The molecule has 4 rings (SSSR count). The Labute approximate surface area is 168 Å². The Balaban J connectivity index is 1.45. The van der Waals surface area contributed by atoms with Gasteiger partial charge in [0.25, 0.3) is 5.91 Å². The van der Waals surface area contributed by atoms with Gasteiger partial charge >= 0.3 is 0 Å². The van der Waals surface area contributed by atoms with Crippen molar-refractivity contribution in [1.29, 1.82) is 0 Å². The highest BCUT2D eigenvalue weighted by molar-refractivity contribution is 7.13. The number of aromatic nitrogens is 3. The molecule has 3 heterocycles. The molecule has 1 saturated heterocycles. The third-order valence-corrected chi connectivity index (χ3v) is 6.40. The maximum Gasteiger partial charge on any atom is 0.257 e. The summed E-state index contributed by atoms with van der Waals surface area (Å²) in [4.78, 5) is 19.4. The number of nitrogens with zero attached hydrogens (tertiary/aromatic N) is 4. The number of rotatable bonds is 6. The fraction of sp³-hybridized carbons (Fsp3) is 0.579. The van der Waals surface area contributed by atoms with Gasteiger partial charge in [0, 0.05) is 26.4 Å². The van der Waals surface area contributed by atoms with Crippen molar-refractivity contribution in [2.24, 2.45) is 11.8 Å². The number of carbonyl (C=O) groups excluding carboxylic acids is 1. The van der Waals surface area contributed by atoms with E-state index in [9.17, 15) is 4.79 Å². The van der Waals surface area contributed by atoms with Crippen molar-refractivity contribution in [1.82, 2.24) is 20.5 Å². The first-order valence-electron chi connectivity index (χ1n) is 9.62. The number of anilines is 1. The molecule has 0 bridgehead atoms. The van der Waals surface area contributed by atoms with Crippen LogP contribution in [0.5, 0.6) is 5.88 Å². The van der Waals surface area contributed by atoms with E-state index < -0.39 is 0 Å². The molecule has 0 aromatic carbocycles. The number of fused-ring (bicyclic) bond motifs is 1. The van der Waals surface area contributed by atoms with Crippen LogP contribution in [-0.2, 0) is 4.74 Å². The minimum atomic E-state index is -0.166. The van der Waals surface area contributed by atoms with Gasteiger partial charge in [0.1, 0.15) is 11.1 Å². The van der Waals surface area contributed by atoms with E-state index in [1.165, 1.54) is 0 Å². The molecule has 0 radical (unpaired) electrons. The van der Waals surface area contributed by atoms with Crippen LogP contribution in [0.2, 0.25) is 0 Å². The lowest BCUT2D eigenvalue weighted by Gasteiger charge is -2.37. The zero-order chi connectivity index (χ0) is 19.5. The van der Waals surface area contributed by atoms with Gasteiger partial charge in [0.2, 0.25) is 11.0 Å². The topological polar surface area (TPSA) is 89.5 Å². The van der Waals surface area contributed by atoms with Crippen molar-refractivity contribution in [2.75, 3.05) is 31.7 Å². The average Bonchev–Trinajstić information content (AvgIpc) is 3.37. The van der Waals surface area contributed by atoms with Crippen molar-refractivity contribution in [3.8, 4) is 5.88 Å². The Morgan fingerprint density at radius 1 is 1.36 bits per heavy atom. The summed E-state index contributed by atoms with van der Waals surface area (Å²) in [7, 11) is 1.72. The van der Waals surface area contributed by atoms with Gasteiger partial charge < -0.3 is 19.7 Å². The minimum absolute atomic E-state index is 0.00761. The first-order valence-corrected chi connectivity index (χ1v) is 10.5. The first-order chi connectivity index (χ1) is 13.7. The summed E-state index contributed by atoms with van der Waals surface area (Å²) in [5.41, 5.74) is 2.23. The fourth-order valence-electron chi connectivity index (χ4n) is 4.35. The highest BCUT2D eigenvalue weighted by Gasteiger charge is 2.43. The smallest absolute Gasteiger partial charge is 0.257 e. The third kappa shape index (κ3) is 3.81. The molecule has 1 saturated carbocycles. The van der Waals surface area contributed by atoms with E-state index in [2.05, 4.69) is 25.4 Å². The highest BCUT2D eigenvalue weighted by Crippen LogP contribution is 2.39. The SMILES string of the molecule is CCOc1ncccc1C(=O)N[C@H]1C[C@H]2CN(c3nncs3)C[C@H]2C[C@@H]1OC. The molecule has 1 amide bonds. The van der Waals surface area contributed by atoms with Crippen LogP contribution in [0.3, 0.4) is 0 Å². The summed E-state index contributed by atoms with van der Waals surface area (Å²) in [5.74, 6) is 1.25. The highest BCUT2D eigenvalue weighted by atomic mass is 32.1. The molecule has 28 heavy (non-hydrogen) atoms. The second-order valence-electron chi connectivity index (χ2n) is 7.26. The summed E-state index contributed by atoms with van der Waals surface area (Å²) in [6, 6.07) is 3.45. The molecule has 2 aromatic heterocycles. The number of ether oxygens (including phenoxy) is 2. The lowest BCUT2D eigenvalue weighted by molar-refractivity contribution is 0.0125. The maximum absolute atomic E-state index is 12.9. The number of carbonyl (C=O) groups is 1. The van der Waals surface area contributed by atoms with Crippen LogP contribution in [0, 0.1) is 11.8 Å². The number of amides is 1. The normalized spacial score (nSPS) is 26.7. The Kier molecular flexibility index (Phi) is 5.72. The average molecular weight is 404 g/mol. The van der Waals surface area contributed by atoms with Crippen molar-refractivity contribution in [2.45, 2.75) is 31.9 Å². The van der Waals surface area contributed by atoms with Gasteiger partial charge in [-0.1, -0.05) is 11.3 Å². The molecular formula is C19H25N5O3S. The van der Waals surface area contributed by atoms with Crippen molar-refractivity contribution >= 4 is 22.4 Å². The van der Waals surface area contributed by atoms with Gasteiger partial charge in [-0.05, 0) is 43.7 Å². The van der Waals surface area contributed by atoms with E-state index in [4.69, 9.17) is 9.47 Å². The maximum atomic E-state index is 12.9. The predicted octanol–water partition coefficient (Wildman–Crippen LogP) is 1.99. The summed E-state index contributed by atoms with van der Waals surface area (Å²) < 4.78 is 11.3. The van der Waals surface area contributed by atoms with E-state index in [-0.39, 0.29) is 18.1 Å². The van der Waals surface area contributed by atoms with Crippen LogP contribution >= 0.6 is 11.3 Å². The monoisotopic (exact) mass is 403 g/mol. The van der Waals surface area contributed by atoms with E-state index in [0.717, 1.165) is 31.1 Å². The molecule has 0 unspecified atom stereocenters. The van der Waals surface area contributed by atoms with Gasteiger partial charge in [-0.2, -0.15) is 0 Å². The van der Waals surface area contributed by atoms with E-state index in [0.29, 0.717) is 29.9 Å². The lowest BCUT2D eigenvalue weighted by Crippen LogP contribution is -2.50. The van der Waals surface area contributed by atoms with Gasteiger partial charge in [-0.15, -0.1) is 10.2 Å². The largest absolute Gasteiger partial charge is 0.477 e. The molecule has 1 N–H and O–H groups in total. The summed E-state index contributed by atoms with van der Waals surface area (Å²) >= 11 is 1.57. The van der Waals surface area contributed by atoms with Gasteiger partial charge in [-0.25, -0.2) is 4.98 Å². The molecule has 9 heteroatoms. The van der Waals surface area contributed by atoms with Gasteiger partial charge in [0.05, 0.1) is 18.8 Å². The molecule has 150 valence electrons. The number of methoxy groups -OCH3 is 1. The van der Waals surface area contributed by atoms with Crippen LogP contribution < -0.4 is 15.0 Å². The second-order valence-corrected chi connectivity index (χ2v) is 8.07. The Morgan fingerprint density at radius 3 is 2.89 bits per heavy atom. The third-order valence-electron chi connectivity index (χ3n) is 5.65. The molecule has 1 aliphatic heterocycles. The van der Waals surface area contributed by atoms with Gasteiger partial charge in [0.15, 0.2) is 0 Å². The second kappa shape index (κ2) is 8.40. The standard InChI is InChI=1S/C19H25N5O3S/c1-3-27-18-14(5-4-6-20-18)17(25)22-15-7-12-9-24(19-23-21-11-28-19)10-13(12)8-16(15)26-2/h4-6,11-13,15-16H,3,7-10H2,1-2H3,(H,22,25)/t12-,13+,15-,16-/m0/s1. The number of nitrogens with one attached hydrogen (secondary N) is 1. The molecule has 2 aromatic rings.